The van der Waals surface area contributed by atoms with Crippen molar-refractivity contribution in [3.05, 3.63) is 0 Å². The van der Waals surface area contributed by atoms with Crippen LogP contribution in [0.1, 0.15) is 51.4 Å². The van der Waals surface area contributed by atoms with E-state index < -0.39 is 0 Å². The lowest BCUT2D eigenvalue weighted by Crippen LogP contribution is -2.40. The van der Waals surface area contributed by atoms with E-state index in [1.807, 2.05) is 4.90 Å². The van der Waals surface area contributed by atoms with Crippen LogP contribution in [0.4, 0.5) is 0 Å². The Kier molecular flexibility index (Phi) is 9.36. The van der Waals surface area contributed by atoms with Gasteiger partial charge in [-0.1, -0.05) is 19.3 Å². The minimum Gasteiger partial charge on any atom is -0.381 e. The Morgan fingerprint density at radius 2 is 1.70 bits per heavy atom. The average Bonchev–Trinajstić information content (AvgIpc) is 2.45. The summed E-state index contributed by atoms with van der Waals surface area (Å²) in [6.45, 7) is 1.77. The quantitative estimate of drug-likeness (QED) is 0.523. The van der Waals surface area contributed by atoms with E-state index in [4.69, 9.17) is 4.74 Å². The second-order valence-corrected chi connectivity index (χ2v) is 8.74. The first-order valence-corrected chi connectivity index (χ1v) is 10.5. The van der Waals surface area contributed by atoms with E-state index >= 15 is 0 Å². The molecule has 1 fully saturated rings. The van der Waals surface area contributed by atoms with Crippen molar-refractivity contribution in [3.63, 3.8) is 0 Å². The van der Waals surface area contributed by atoms with Gasteiger partial charge >= 0.3 is 0 Å². The van der Waals surface area contributed by atoms with Crippen molar-refractivity contribution < 1.29 is 9.53 Å². The number of carbonyl (C=O) groups is 1. The van der Waals surface area contributed by atoms with Crippen molar-refractivity contribution >= 4 is 16.8 Å². The number of piperidine rings is 1. The number of hydrogen-bond acceptors (Lipinski definition) is 2. The number of methoxy groups -OCH3 is 1. The predicted octanol–water partition coefficient (Wildman–Crippen LogP) is 3.23. The normalized spacial score (nSPS) is 17.4. The molecular formula is C16H33NO2S. The molecule has 20 heavy (non-hydrogen) atoms. The largest absolute Gasteiger partial charge is 0.381 e. The highest BCUT2D eigenvalue weighted by Gasteiger charge is 2.21. The van der Waals surface area contributed by atoms with Gasteiger partial charge in [-0.15, -0.1) is 0 Å². The van der Waals surface area contributed by atoms with E-state index in [1.165, 1.54) is 31.4 Å². The third-order valence-corrected chi connectivity index (χ3v) is 5.33. The highest BCUT2D eigenvalue weighted by Crippen LogP contribution is 2.18. The molecule has 1 aliphatic rings. The van der Waals surface area contributed by atoms with E-state index in [0.717, 1.165) is 38.8 Å². The number of thiol groups is 1. The van der Waals surface area contributed by atoms with Crippen LogP contribution in [-0.2, 0) is 9.53 Å². The Morgan fingerprint density at radius 1 is 1.10 bits per heavy atom. The maximum absolute atomic E-state index is 12.1. The number of hydrogen-bond donors (Lipinski definition) is 1. The van der Waals surface area contributed by atoms with Crippen molar-refractivity contribution in [2.75, 3.05) is 38.5 Å². The van der Waals surface area contributed by atoms with E-state index in [1.54, 1.807) is 7.11 Å². The van der Waals surface area contributed by atoms with Crippen LogP contribution < -0.4 is 0 Å². The summed E-state index contributed by atoms with van der Waals surface area (Å²) in [6, 6.07) is 0. The fraction of sp³-hybridized carbons (Fsp3) is 0.938. The summed E-state index contributed by atoms with van der Waals surface area (Å²) in [5.41, 5.74) is 0. The second kappa shape index (κ2) is 10.5. The Hall–Kier alpha value is -0.220. The maximum Gasteiger partial charge on any atom is 0.222 e. The SMILES string of the molecule is COC1CCN(C(=O)CCCCCCC[SH](C)C)CC1. The third-order valence-electron chi connectivity index (χ3n) is 4.12. The van der Waals surface area contributed by atoms with E-state index in [0.29, 0.717) is 12.0 Å². The lowest BCUT2D eigenvalue weighted by Gasteiger charge is -2.31. The zero-order valence-electron chi connectivity index (χ0n) is 13.6. The number of rotatable bonds is 9. The monoisotopic (exact) mass is 303 g/mol. The molecule has 0 aliphatic carbocycles. The number of nitrogens with zero attached hydrogens (tertiary/aromatic N) is 1. The molecule has 1 heterocycles. The third kappa shape index (κ3) is 7.53. The average molecular weight is 304 g/mol. The molecule has 3 nitrogen and oxygen atoms in total. The zero-order chi connectivity index (χ0) is 14.8. The Bertz CT molecular complexity index is 263. The van der Waals surface area contributed by atoms with Gasteiger partial charge in [-0.2, -0.15) is 0 Å². The van der Waals surface area contributed by atoms with Crippen LogP contribution in [0.15, 0.2) is 0 Å². The number of likely N-dealkylation sites (tertiary alicyclic amines) is 1. The van der Waals surface area contributed by atoms with E-state index in [9.17, 15) is 4.79 Å². The molecule has 4 heteroatoms. The minimum atomic E-state index is 0.280. The van der Waals surface area contributed by atoms with Crippen LogP contribution in [0, 0.1) is 0 Å². The molecule has 0 aromatic carbocycles. The van der Waals surface area contributed by atoms with Gasteiger partial charge in [0.05, 0.1) is 6.10 Å². The van der Waals surface area contributed by atoms with Crippen molar-refractivity contribution in [1.82, 2.24) is 4.90 Å². The van der Waals surface area contributed by atoms with Gasteiger partial charge in [-0.25, -0.2) is 0 Å². The number of unbranched alkanes of at least 4 members (excludes halogenated alkanes) is 4. The molecule has 1 saturated heterocycles. The highest BCUT2D eigenvalue weighted by molar-refractivity contribution is 8.15. The summed E-state index contributed by atoms with van der Waals surface area (Å²) in [7, 11) is 2.05. The summed E-state index contributed by atoms with van der Waals surface area (Å²) < 4.78 is 5.34. The maximum atomic E-state index is 12.1. The summed E-state index contributed by atoms with van der Waals surface area (Å²) in [5, 5.41) is 0. The lowest BCUT2D eigenvalue weighted by molar-refractivity contribution is -0.133. The number of carbonyl (C=O) groups excluding carboxylic acids is 1. The smallest absolute Gasteiger partial charge is 0.222 e. The summed E-state index contributed by atoms with van der Waals surface area (Å²) in [4.78, 5) is 14.1. The van der Waals surface area contributed by atoms with Crippen molar-refractivity contribution in [1.29, 1.82) is 0 Å². The molecule has 0 unspecified atom stereocenters. The molecule has 120 valence electrons. The molecule has 0 spiro atoms. The molecule has 1 amide bonds. The summed E-state index contributed by atoms with van der Waals surface area (Å²) >= 11 is 0. The van der Waals surface area contributed by atoms with Crippen LogP contribution in [0.5, 0.6) is 0 Å². The van der Waals surface area contributed by atoms with Gasteiger partial charge in [-0.3, -0.25) is 15.7 Å². The molecule has 0 aromatic heterocycles. The van der Waals surface area contributed by atoms with Gasteiger partial charge in [-0.05, 0) is 43.9 Å². The van der Waals surface area contributed by atoms with Crippen molar-refractivity contribution in [2.45, 2.75) is 57.5 Å². The van der Waals surface area contributed by atoms with Crippen LogP contribution in [0.2, 0.25) is 0 Å². The first-order valence-electron chi connectivity index (χ1n) is 8.08. The van der Waals surface area contributed by atoms with Crippen LogP contribution in [0.25, 0.3) is 0 Å². The van der Waals surface area contributed by atoms with Gasteiger partial charge in [0.15, 0.2) is 0 Å². The molecule has 0 N–H and O–H groups in total. The standard InChI is InChI=1S/C16H33NO2S/c1-19-15-10-12-17(13-11-15)16(18)9-7-5-4-6-8-14-20(2)3/h15,20H,4-14H2,1-3H3. The fourth-order valence-electron chi connectivity index (χ4n) is 2.73. The molecule has 0 bridgehead atoms. The summed E-state index contributed by atoms with van der Waals surface area (Å²) in [6.07, 6.45) is 14.1. The van der Waals surface area contributed by atoms with Crippen molar-refractivity contribution in [3.8, 4) is 0 Å². The first kappa shape index (κ1) is 17.8. The van der Waals surface area contributed by atoms with E-state index in [-0.39, 0.29) is 10.9 Å². The topological polar surface area (TPSA) is 29.5 Å². The van der Waals surface area contributed by atoms with Gasteiger partial charge in [0.25, 0.3) is 0 Å². The molecule has 0 radical (unpaired) electrons. The van der Waals surface area contributed by atoms with Crippen LogP contribution in [0.3, 0.4) is 0 Å². The second-order valence-electron chi connectivity index (χ2n) is 6.14. The molecule has 1 aliphatic heterocycles. The van der Waals surface area contributed by atoms with Gasteiger partial charge < -0.3 is 9.64 Å². The first-order chi connectivity index (χ1) is 9.63. The zero-order valence-corrected chi connectivity index (χ0v) is 14.5. The van der Waals surface area contributed by atoms with Crippen molar-refractivity contribution in [2.24, 2.45) is 0 Å². The Morgan fingerprint density at radius 3 is 2.30 bits per heavy atom. The van der Waals surface area contributed by atoms with Crippen LogP contribution in [-0.4, -0.2) is 55.4 Å². The van der Waals surface area contributed by atoms with E-state index in [2.05, 4.69) is 12.5 Å². The fourth-order valence-corrected chi connectivity index (χ4v) is 3.59. The molecule has 0 atom stereocenters. The lowest BCUT2D eigenvalue weighted by atomic mass is 10.1. The Balaban J connectivity index is 1.98. The van der Waals surface area contributed by atoms with Crippen LogP contribution >= 0.6 is 10.9 Å². The van der Waals surface area contributed by atoms with Gasteiger partial charge in [0, 0.05) is 26.6 Å². The molecule has 1 rings (SSSR count). The number of amides is 1. The van der Waals surface area contributed by atoms with Gasteiger partial charge in [0.2, 0.25) is 5.91 Å². The molecular weight excluding hydrogens is 270 g/mol. The minimum absolute atomic E-state index is 0.280. The molecule has 0 saturated carbocycles. The Labute approximate surface area is 127 Å². The van der Waals surface area contributed by atoms with Gasteiger partial charge in [0.1, 0.15) is 0 Å². The number of ether oxygens (including phenoxy) is 1. The predicted molar refractivity (Wildman–Crippen MR) is 90.0 cm³/mol. The summed E-state index contributed by atoms with van der Waals surface area (Å²) in [5.74, 6) is 1.76. The highest BCUT2D eigenvalue weighted by atomic mass is 32.2. The molecule has 0 aromatic rings.